The molecule has 0 heterocycles. The third kappa shape index (κ3) is 3.51. The van der Waals surface area contributed by atoms with Crippen LogP contribution in [0, 0.1) is 12.3 Å². The Morgan fingerprint density at radius 3 is 2.76 bits per heavy atom. The lowest BCUT2D eigenvalue weighted by Crippen LogP contribution is -2.35. The number of carbonyl (C=O) groups excluding carboxylic acids is 1. The van der Waals surface area contributed by atoms with E-state index in [0.717, 1.165) is 11.4 Å². The lowest BCUT2D eigenvalue weighted by Gasteiger charge is -2.18. The van der Waals surface area contributed by atoms with Crippen molar-refractivity contribution in [1.82, 2.24) is 0 Å². The van der Waals surface area contributed by atoms with Crippen LogP contribution in [0.2, 0.25) is 0 Å². The first-order valence-corrected chi connectivity index (χ1v) is 5.32. The molecule has 0 fully saturated rings. The number of nitrogens with one attached hydrogen (secondary N) is 1. The fourth-order valence-electron chi connectivity index (χ4n) is 1.41. The van der Waals surface area contributed by atoms with E-state index in [2.05, 4.69) is 11.2 Å². The molecule has 0 aliphatic rings. The van der Waals surface area contributed by atoms with Gasteiger partial charge in [-0.15, -0.1) is 12.3 Å². The molecule has 0 spiro atoms. The van der Waals surface area contributed by atoms with E-state index in [1.54, 1.807) is 0 Å². The molecule has 4 nitrogen and oxygen atoms in total. The Hall–Kier alpha value is -1.99. The number of anilines is 2. The van der Waals surface area contributed by atoms with E-state index in [4.69, 9.17) is 12.2 Å². The lowest BCUT2D eigenvalue weighted by atomic mass is 10.2. The van der Waals surface area contributed by atoms with Gasteiger partial charge in [-0.3, -0.25) is 4.79 Å². The van der Waals surface area contributed by atoms with Crippen molar-refractivity contribution < 1.29 is 4.79 Å². The molecule has 1 unspecified atom stereocenters. The summed E-state index contributed by atoms with van der Waals surface area (Å²) >= 11 is 0. The normalized spacial score (nSPS) is 11.4. The van der Waals surface area contributed by atoms with E-state index < -0.39 is 6.04 Å². The van der Waals surface area contributed by atoms with Gasteiger partial charge in [-0.05, 0) is 12.1 Å². The van der Waals surface area contributed by atoms with Crippen LogP contribution in [0.5, 0.6) is 0 Å². The van der Waals surface area contributed by atoms with Crippen LogP contribution in [0.25, 0.3) is 0 Å². The number of hydrogen-bond donors (Lipinski definition) is 2. The molecule has 17 heavy (non-hydrogen) atoms. The van der Waals surface area contributed by atoms with Gasteiger partial charge in [0.1, 0.15) is 0 Å². The van der Waals surface area contributed by atoms with E-state index >= 15 is 0 Å². The second kappa shape index (κ2) is 5.92. The number of amides is 1. The monoisotopic (exact) mass is 231 g/mol. The summed E-state index contributed by atoms with van der Waals surface area (Å²) in [4.78, 5) is 13.6. The van der Waals surface area contributed by atoms with Crippen molar-refractivity contribution in [1.29, 1.82) is 0 Å². The number of carbonyl (C=O) groups is 1. The van der Waals surface area contributed by atoms with Gasteiger partial charge in [0.2, 0.25) is 5.91 Å². The molecule has 1 aromatic rings. The van der Waals surface area contributed by atoms with E-state index in [-0.39, 0.29) is 12.3 Å². The molecule has 3 N–H and O–H groups in total. The molecule has 0 saturated carbocycles. The van der Waals surface area contributed by atoms with E-state index in [1.165, 1.54) is 0 Å². The predicted octanol–water partition coefficient (Wildman–Crippen LogP) is 1.04. The lowest BCUT2D eigenvalue weighted by molar-refractivity contribution is -0.117. The highest BCUT2D eigenvalue weighted by molar-refractivity contribution is 5.97. The zero-order valence-electron chi connectivity index (χ0n) is 10.1. The molecule has 0 aliphatic carbocycles. The summed E-state index contributed by atoms with van der Waals surface area (Å²) in [6.45, 7) is 0. The highest BCUT2D eigenvalue weighted by Gasteiger charge is 2.14. The van der Waals surface area contributed by atoms with Gasteiger partial charge in [0.25, 0.3) is 0 Å². The molecule has 0 aromatic heterocycles. The fraction of sp³-hybridized carbons (Fsp3) is 0.308. The number of hydrogen-bond acceptors (Lipinski definition) is 3. The summed E-state index contributed by atoms with van der Waals surface area (Å²) < 4.78 is 0. The topological polar surface area (TPSA) is 58.4 Å². The second-order valence-electron chi connectivity index (χ2n) is 3.92. The highest BCUT2D eigenvalue weighted by atomic mass is 16.2. The molecule has 0 aliphatic heterocycles. The summed E-state index contributed by atoms with van der Waals surface area (Å²) in [6, 6.07) is 6.84. The Morgan fingerprint density at radius 2 is 2.18 bits per heavy atom. The van der Waals surface area contributed by atoms with Crippen LogP contribution in [-0.2, 0) is 4.79 Å². The molecular weight excluding hydrogens is 214 g/mol. The molecule has 0 saturated heterocycles. The Morgan fingerprint density at radius 1 is 1.53 bits per heavy atom. The van der Waals surface area contributed by atoms with Gasteiger partial charge in [-0.2, -0.15) is 0 Å². The van der Waals surface area contributed by atoms with E-state index in [9.17, 15) is 4.79 Å². The second-order valence-corrected chi connectivity index (χ2v) is 3.92. The Labute approximate surface area is 102 Å². The first-order valence-electron chi connectivity index (χ1n) is 5.32. The average Bonchev–Trinajstić information content (AvgIpc) is 2.29. The molecule has 0 bridgehead atoms. The highest BCUT2D eigenvalue weighted by Crippen LogP contribution is 2.23. The summed E-state index contributed by atoms with van der Waals surface area (Å²) in [5.41, 5.74) is 7.29. The molecule has 1 aromatic carbocycles. The Kier molecular flexibility index (Phi) is 4.56. The van der Waals surface area contributed by atoms with Crippen LogP contribution in [0.4, 0.5) is 11.4 Å². The minimum absolute atomic E-state index is 0.232. The molecular formula is C13H17N3O. The fourth-order valence-corrected chi connectivity index (χ4v) is 1.41. The number of nitrogens with zero attached hydrogens (tertiary/aromatic N) is 1. The van der Waals surface area contributed by atoms with Gasteiger partial charge in [-0.25, -0.2) is 0 Å². The molecule has 1 rings (SSSR count). The summed E-state index contributed by atoms with van der Waals surface area (Å²) in [7, 11) is 3.82. The van der Waals surface area contributed by atoms with Crippen molar-refractivity contribution in [2.45, 2.75) is 12.5 Å². The number of benzene rings is 1. The van der Waals surface area contributed by atoms with Crippen LogP contribution >= 0.6 is 0 Å². The number of terminal acetylenes is 1. The van der Waals surface area contributed by atoms with Crippen LogP contribution in [0.1, 0.15) is 6.42 Å². The molecule has 90 valence electrons. The summed E-state index contributed by atoms with van der Waals surface area (Å²) in [5.74, 6) is 2.11. The van der Waals surface area contributed by atoms with Crippen molar-refractivity contribution in [2.24, 2.45) is 5.73 Å². The van der Waals surface area contributed by atoms with Crippen molar-refractivity contribution in [3.63, 3.8) is 0 Å². The third-order valence-corrected chi connectivity index (χ3v) is 2.32. The van der Waals surface area contributed by atoms with Crippen molar-refractivity contribution in [2.75, 3.05) is 24.3 Å². The quantitative estimate of drug-likeness (QED) is 0.761. The van der Waals surface area contributed by atoms with Gasteiger partial charge in [0.05, 0.1) is 17.4 Å². The van der Waals surface area contributed by atoms with Gasteiger partial charge in [0, 0.05) is 20.5 Å². The number of nitrogens with two attached hydrogens (primary N) is 1. The molecule has 0 radical (unpaired) electrons. The van der Waals surface area contributed by atoms with Gasteiger partial charge in [-0.1, -0.05) is 12.1 Å². The maximum absolute atomic E-state index is 11.7. The molecule has 1 atom stereocenters. The smallest absolute Gasteiger partial charge is 0.242 e. The maximum Gasteiger partial charge on any atom is 0.242 e. The van der Waals surface area contributed by atoms with E-state index in [1.807, 2.05) is 43.3 Å². The van der Waals surface area contributed by atoms with Crippen LogP contribution in [0.15, 0.2) is 24.3 Å². The van der Waals surface area contributed by atoms with Crippen molar-refractivity contribution in [3.8, 4) is 12.3 Å². The predicted molar refractivity (Wildman–Crippen MR) is 70.8 cm³/mol. The van der Waals surface area contributed by atoms with Crippen LogP contribution < -0.4 is 16.0 Å². The number of para-hydroxylation sites is 2. The average molecular weight is 231 g/mol. The Bertz CT molecular complexity index is 435. The standard InChI is InChI=1S/C13H17N3O/c1-4-7-10(14)13(17)15-11-8-5-6-9-12(11)16(2)3/h1,5-6,8-10H,7,14H2,2-3H3,(H,15,17). The van der Waals surface area contributed by atoms with Gasteiger partial charge >= 0.3 is 0 Å². The zero-order valence-corrected chi connectivity index (χ0v) is 10.1. The van der Waals surface area contributed by atoms with Crippen LogP contribution in [-0.4, -0.2) is 26.0 Å². The first kappa shape index (κ1) is 13.1. The van der Waals surface area contributed by atoms with E-state index in [0.29, 0.717) is 0 Å². The van der Waals surface area contributed by atoms with Gasteiger partial charge < -0.3 is 16.0 Å². The van der Waals surface area contributed by atoms with Gasteiger partial charge in [0.15, 0.2) is 0 Å². The maximum atomic E-state index is 11.7. The Balaban J connectivity index is 2.82. The van der Waals surface area contributed by atoms with Crippen molar-refractivity contribution >= 4 is 17.3 Å². The largest absolute Gasteiger partial charge is 0.376 e. The summed E-state index contributed by atoms with van der Waals surface area (Å²) in [6.07, 6.45) is 5.35. The minimum Gasteiger partial charge on any atom is -0.376 e. The minimum atomic E-state index is -0.671. The summed E-state index contributed by atoms with van der Waals surface area (Å²) in [5, 5.41) is 2.78. The SMILES string of the molecule is C#CCC(N)C(=O)Nc1ccccc1N(C)C. The molecule has 1 amide bonds. The van der Waals surface area contributed by atoms with Crippen molar-refractivity contribution in [3.05, 3.63) is 24.3 Å². The third-order valence-electron chi connectivity index (χ3n) is 2.32. The first-order chi connectivity index (χ1) is 8.06. The number of rotatable bonds is 4. The zero-order chi connectivity index (χ0) is 12.8. The molecule has 4 heteroatoms. The van der Waals surface area contributed by atoms with Crippen LogP contribution in [0.3, 0.4) is 0 Å².